The van der Waals surface area contributed by atoms with Gasteiger partial charge in [0, 0.05) is 18.2 Å². The van der Waals surface area contributed by atoms with E-state index in [0.29, 0.717) is 18.2 Å². The Labute approximate surface area is 308 Å². The molecule has 3 aliphatic carbocycles. The van der Waals surface area contributed by atoms with Gasteiger partial charge in [-0.1, -0.05) is 84.9 Å². The van der Waals surface area contributed by atoms with E-state index in [4.69, 9.17) is 13.7 Å². The molecule has 18 heteroatoms. The van der Waals surface area contributed by atoms with Crippen LogP contribution in [0.15, 0.2) is 154 Å². The third kappa shape index (κ3) is 12.5. The zero-order chi connectivity index (χ0) is 40.3. The van der Waals surface area contributed by atoms with Crippen LogP contribution in [-0.4, -0.2) is 73.6 Å². The van der Waals surface area contributed by atoms with E-state index in [2.05, 4.69) is 84.9 Å². The fraction of sp³-hybridized carbons (Fsp3) is 0. The lowest BCUT2D eigenvalue weighted by molar-refractivity contribution is -0.114. The molecule has 15 nitrogen and oxygen atoms in total. The maximum atomic E-state index is 10.7. The van der Waals surface area contributed by atoms with Gasteiger partial charge in [-0.2, -0.15) is 25.3 Å². The van der Waals surface area contributed by atoms with Crippen molar-refractivity contribution in [3.63, 3.8) is 0 Å². The molecule has 0 heterocycles. The average molecular weight is 795 g/mol. The van der Waals surface area contributed by atoms with Crippen molar-refractivity contribution in [1.29, 1.82) is 0 Å². The van der Waals surface area contributed by atoms with Crippen molar-refractivity contribution in [2.45, 2.75) is 0 Å². The highest BCUT2D eigenvalue weighted by atomic mass is 32.2. The monoisotopic (exact) mass is 794 g/mol. The van der Waals surface area contributed by atoms with Crippen LogP contribution < -0.4 is 0 Å². The van der Waals surface area contributed by atoms with Crippen LogP contribution in [0.1, 0.15) is 0 Å². The first-order valence-electron chi connectivity index (χ1n) is 14.7. The summed E-state index contributed by atoms with van der Waals surface area (Å²) in [5.41, 5.74) is 5.09. The molecule has 278 valence electrons. The lowest BCUT2D eigenvalue weighted by atomic mass is 9.95. The molecule has 3 aromatic rings. The molecular formula is C36H26O15S3. The number of carbonyl (C=O) groups excluding carboxylic acids is 6. The lowest BCUT2D eigenvalue weighted by Gasteiger charge is -2.09. The molecule has 3 N–H and O–H groups in total. The van der Waals surface area contributed by atoms with Gasteiger partial charge in [0.15, 0.2) is 34.7 Å². The predicted octanol–water partition coefficient (Wildman–Crippen LogP) is 3.42. The fourth-order valence-electron chi connectivity index (χ4n) is 4.29. The maximum absolute atomic E-state index is 10.7. The maximum Gasteiger partial charge on any atom is 0.298 e. The van der Waals surface area contributed by atoms with Gasteiger partial charge < -0.3 is 0 Å². The third-order valence-corrected chi connectivity index (χ3v) is 9.30. The summed E-state index contributed by atoms with van der Waals surface area (Å²) >= 11 is 0. The van der Waals surface area contributed by atoms with Crippen LogP contribution in [-0.2, 0) is 59.1 Å². The van der Waals surface area contributed by atoms with E-state index in [9.17, 15) is 54.0 Å². The minimum absolute atomic E-state index is 0.581. The van der Waals surface area contributed by atoms with Gasteiger partial charge in [-0.05, 0) is 58.7 Å². The fourth-order valence-corrected chi connectivity index (χ4v) is 6.05. The van der Waals surface area contributed by atoms with E-state index in [1.54, 1.807) is 0 Å². The molecule has 0 unspecified atom stereocenters. The Morgan fingerprint density at radius 1 is 0.333 bits per heavy atom. The molecule has 0 radical (unpaired) electrons. The first kappa shape index (κ1) is 42.3. The van der Waals surface area contributed by atoms with E-state index in [0.717, 1.165) is 36.5 Å². The molecule has 0 aromatic heterocycles. The number of ketones is 6. The summed E-state index contributed by atoms with van der Waals surface area (Å²) in [6.07, 6.45) is 6.92. The Hall–Kier alpha value is -6.15. The van der Waals surface area contributed by atoms with Crippen molar-refractivity contribution < 1.29 is 67.7 Å². The minimum Gasteiger partial charge on any atom is -0.290 e. The zero-order valence-electron chi connectivity index (χ0n) is 27.2. The summed E-state index contributed by atoms with van der Waals surface area (Å²) in [5, 5.41) is 0. The molecule has 0 aliphatic heterocycles. The van der Waals surface area contributed by atoms with Crippen molar-refractivity contribution in [3.8, 4) is 22.3 Å². The smallest absolute Gasteiger partial charge is 0.290 e. The van der Waals surface area contributed by atoms with Gasteiger partial charge in [-0.15, -0.1) is 0 Å². The molecule has 0 amide bonds. The van der Waals surface area contributed by atoms with Gasteiger partial charge in [-0.3, -0.25) is 42.4 Å². The summed E-state index contributed by atoms with van der Waals surface area (Å²) in [7, 11) is -13.7. The summed E-state index contributed by atoms with van der Waals surface area (Å²) in [5.74, 6) is -4.59. The highest BCUT2D eigenvalue weighted by Crippen LogP contribution is 2.31. The van der Waals surface area contributed by atoms with Crippen LogP contribution in [0.25, 0.3) is 22.3 Å². The highest BCUT2D eigenvalue weighted by Gasteiger charge is 2.25. The number of carbonyl (C=O) groups is 6. The summed E-state index contributed by atoms with van der Waals surface area (Å²) in [4.78, 5) is 61.3. The summed E-state index contributed by atoms with van der Waals surface area (Å²) < 4.78 is 87.8. The topological polar surface area (TPSA) is 266 Å². The van der Waals surface area contributed by atoms with E-state index >= 15 is 0 Å². The Balaban J connectivity index is 0.000000198. The molecule has 54 heavy (non-hydrogen) atoms. The van der Waals surface area contributed by atoms with Crippen molar-refractivity contribution in [3.05, 3.63) is 154 Å². The summed E-state index contributed by atoms with van der Waals surface area (Å²) in [6, 6.07) is 29.6. The first-order chi connectivity index (χ1) is 25.2. The Kier molecular flexibility index (Phi) is 14.1. The molecule has 3 aromatic carbocycles. The number of hydrogen-bond donors (Lipinski definition) is 3. The molecule has 0 saturated carbocycles. The van der Waals surface area contributed by atoms with Crippen LogP contribution in [0.3, 0.4) is 0 Å². The second kappa shape index (κ2) is 18.1. The normalized spacial score (nSPS) is 15.4. The molecule has 0 spiro atoms. The quantitative estimate of drug-likeness (QED) is 0.247. The number of rotatable bonds is 5. The molecular weight excluding hydrogens is 769 g/mol. The number of hydrogen-bond acceptors (Lipinski definition) is 12. The van der Waals surface area contributed by atoms with Crippen LogP contribution in [0.5, 0.6) is 0 Å². The average Bonchev–Trinajstić information content (AvgIpc) is 3.11. The number of benzene rings is 3. The predicted molar refractivity (Wildman–Crippen MR) is 194 cm³/mol. The van der Waals surface area contributed by atoms with Gasteiger partial charge in [0.25, 0.3) is 30.4 Å². The van der Waals surface area contributed by atoms with Crippen molar-refractivity contribution in [2.24, 2.45) is 0 Å². The van der Waals surface area contributed by atoms with Crippen molar-refractivity contribution in [1.82, 2.24) is 0 Å². The second-order valence-corrected chi connectivity index (χ2v) is 14.7. The third-order valence-electron chi connectivity index (χ3n) is 6.68. The van der Waals surface area contributed by atoms with Crippen LogP contribution in [0.2, 0.25) is 0 Å². The van der Waals surface area contributed by atoms with Gasteiger partial charge in [0.1, 0.15) is 14.7 Å². The molecule has 0 atom stereocenters. The van der Waals surface area contributed by atoms with Crippen molar-refractivity contribution in [2.75, 3.05) is 0 Å². The van der Waals surface area contributed by atoms with Crippen LogP contribution in [0, 0.1) is 0 Å². The highest BCUT2D eigenvalue weighted by molar-refractivity contribution is 7.91. The molecule has 3 aliphatic rings. The van der Waals surface area contributed by atoms with E-state index in [1.807, 2.05) is 0 Å². The Morgan fingerprint density at radius 3 is 0.796 bits per heavy atom. The van der Waals surface area contributed by atoms with Gasteiger partial charge >= 0.3 is 0 Å². The van der Waals surface area contributed by atoms with Crippen molar-refractivity contribution >= 4 is 65.1 Å². The van der Waals surface area contributed by atoms with Crippen LogP contribution in [0.4, 0.5) is 0 Å². The molecule has 0 saturated heterocycles. The zero-order valence-corrected chi connectivity index (χ0v) is 29.7. The second-order valence-electron chi connectivity index (χ2n) is 10.5. The Morgan fingerprint density at radius 2 is 0.574 bits per heavy atom. The SMILES string of the molecule is O=C1C=CC(=O)C(S(=O)(=O)O)=C1.O=C1C=CC(=O)C(S(=O)(=O)O)=C1.O=C1C=CC(=O)C(S(=O)(=O)O)=C1.c1ccc(-c2ccccc2-c2ccccc2)cc1. The molecule has 0 fully saturated rings. The largest absolute Gasteiger partial charge is 0.298 e. The van der Waals surface area contributed by atoms with E-state index in [-0.39, 0.29) is 0 Å². The molecule has 6 rings (SSSR count). The van der Waals surface area contributed by atoms with Crippen LogP contribution >= 0.6 is 0 Å². The summed E-state index contributed by atoms with van der Waals surface area (Å²) in [6.45, 7) is 0. The Bertz CT molecular complexity index is 2290. The van der Waals surface area contributed by atoms with Gasteiger partial charge in [-0.25, -0.2) is 0 Å². The number of allylic oxidation sites excluding steroid dienone is 12. The standard InChI is InChI=1S/C18H14.3C6H4O5S/c1-3-9-15(10-4-1)17-13-7-8-14-18(17)16-11-5-2-6-12-16;3*7-4-1-2-5(8)6(3-4)12(9,10)11/h1-14H;3*1-3H,(H,9,10,11). The molecule has 0 bridgehead atoms. The minimum atomic E-state index is -4.57. The van der Waals surface area contributed by atoms with Gasteiger partial charge in [0.2, 0.25) is 0 Å². The first-order valence-corrected chi connectivity index (χ1v) is 19.1. The lowest BCUT2D eigenvalue weighted by Crippen LogP contribution is -2.15. The van der Waals surface area contributed by atoms with E-state index < -0.39 is 79.8 Å². The van der Waals surface area contributed by atoms with Gasteiger partial charge in [0.05, 0.1) is 0 Å². The van der Waals surface area contributed by atoms with E-state index in [1.165, 1.54) is 22.3 Å².